The molecule has 1 saturated heterocycles. The number of nitrogens with zero attached hydrogens (tertiary/aromatic N) is 2. The summed E-state index contributed by atoms with van der Waals surface area (Å²) in [6.07, 6.45) is 5.14. The van der Waals surface area contributed by atoms with E-state index in [9.17, 15) is 8.42 Å². The molecule has 0 spiro atoms. The molecule has 24 heavy (non-hydrogen) atoms. The van der Waals surface area contributed by atoms with Crippen LogP contribution in [-0.2, 0) is 14.8 Å². The Morgan fingerprint density at radius 1 is 1.21 bits per heavy atom. The summed E-state index contributed by atoms with van der Waals surface area (Å²) in [7, 11) is -3.05. The molecule has 0 aromatic heterocycles. The molecule has 0 aliphatic carbocycles. The van der Waals surface area contributed by atoms with Crippen LogP contribution in [-0.4, -0.2) is 70.9 Å². The smallest absolute Gasteiger partial charge is 0.211 e. The summed E-state index contributed by atoms with van der Waals surface area (Å²) in [5.74, 6) is 1.30. The lowest BCUT2D eigenvalue weighted by Gasteiger charge is -2.29. The third kappa shape index (κ3) is 8.84. The minimum atomic E-state index is -3.05. The fraction of sp³-hybridized carbons (Fsp3) is 0.938. The molecule has 0 unspecified atom stereocenters. The highest BCUT2D eigenvalue weighted by Crippen LogP contribution is 2.19. The zero-order valence-corrected chi connectivity index (χ0v) is 16.2. The molecule has 142 valence electrons. The maximum Gasteiger partial charge on any atom is 0.211 e. The number of hydrogen-bond acceptors (Lipinski definition) is 4. The van der Waals surface area contributed by atoms with Gasteiger partial charge in [-0.1, -0.05) is 0 Å². The van der Waals surface area contributed by atoms with E-state index in [1.807, 2.05) is 6.92 Å². The van der Waals surface area contributed by atoms with Crippen LogP contribution in [0.3, 0.4) is 0 Å². The van der Waals surface area contributed by atoms with Crippen LogP contribution in [0.5, 0.6) is 0 Å². The van der Waals surface area contributed by atoms with E-state index in [4.69, 9.17) is 4.74 Å². The lowest BCUT2D eigenvalue weighted by atomic mass is 9.98. The lowest BCUT2D eigenvalue weighted by molar-refractivity contribution is 0.143. The van der Waals surface area contributed by atoms with E-state index in [1.54, 1.807) is 4.31 Å². The minimum absolute atomic E-state index is 0.455. The van der Waals surface area contributed by atoms with Crippen molar-refractivity contribution in [2.45, 2.75) is 39.5 Å². The zero-order valence-electron chi connectivity index (χ0n) is 15.4. The number of unbranched alkanes of at least 4 members (excludes halogenated alkanes) is 1. The van der Waals surface area contributed by atoms with Gasteiger partial charge >= 0.3 is 0 Å². The molecule has 0 amide bonds. The van der Waals surface area contributed by atoms with Gasteiger partial charge in [0.2, 0.25) is 10.0 Å². The zero-order chi connectivity index (χ0) is 17.8. The Labute approximate surface area is 147 Å². The first-order valence-electron chi connectivity index (χ1n) is 9.02. The van der Waals surface area contributed by atoms with Crippen molar-refractivity contribution in [1.82, 2.24) is 14.9 Å². The molecule has 0 aromatic rings. The summed E-state index contributed by atoms with van der Waals surface area (Å²) in [6.45, 7) is 9.32. The Kier molecular flexibility index (Phi) is 10.3. The Balaban J connectivity index is 2.30. The molecule has 7 nitrogen and oxygen atoms in total. The van der Waals surface area contributed by atoms with Crippen molar-refractivity contribution in [3.63, 3.8) is 0 Å². The predicted octanol–water partition coefficient (Wildman–Crippen LogP) is 1.03. The fourth-order valence-corrected chi connectivity index (χ4v) is 3.54. The van der Waals surface area contributed by atoms with Crippen molar-refractivity contribution < 1.29 is 13.2 Å². The van der Waals surface area contributed by atoms with E-state index < -0.39 is 10.0 Å². The summed E-state index contributed by atoms with van der Waals surface area (Å²) < 4.78 is 29.9. The first kappa shape index (κ1) is 21.2. The van der Waals surface area contributed by atoms with Gasteiger partial charge in [-0.25, -0.2) is 12.7 Å². The third-order valence-corrected chi connectivity index (χ3v) is 5.41. The van der Waals surface area contributed by atoms with E-state index in [-0.39, 0.29) is 0 Å². The summed E-state index contributed by atoms with van der Waals surface area (Å²) in [5, 5.41) is 6.61. The number of rotatable bonds is 10. The van der Waals surface area contributed by atoms with Crippen molar-refractivity contribution in [2.24, 2.45) is 10.9 Å². The summed E-state index contributed by atoms with van der Waals surface area (Å²) in [4.78, 5) is 4.65. The van der Waals surface area contributed by atoms with Crippen LogP contribution < -0.4 is 10.6 Å². The van der Waals surface area contributed by atoms with Gasteiger partial charge in [0.05, 0.1) is 6.26 Å². The molecule has 0 atom stereocenters. The molecule has 2 N–H and O–H groups in total. The molecule has 1 aliphatic rings. The second kappa shape index (κ2) is 11.7. The molecule has 1 aliphatic heterocycles. The molecule has 0 radical (unpaired) electrons. The molecular formula is C16H34N4O3S. The van der Waals surface area contributed by atoms with Gasteiger partial charge in [0.1, 0.15) is 0 Å². The van der Waals surface area contributed by atoms with E-state index >= 15 is 0 Å². The number of hydrogen-bond donors (Lipinski definition) is 2. The highest BCUT2D eigenvalue weighted by atomic mass is 32.2. The fourth-order valence-electron chi connectivity index (χ4n) is 2.67. The average molecular weight is 363 g/mol. The maximum atomic E-state index is 11.5. The molecule has 0 saturated carbocycles. The quantitative estimate of drug-likeness (QED) is 0.345. The normalized spacial score (nSPS) is 17.9. The summed E-state index contributed by atoms with van der Waals surface area (Å²) in [6, 6.07) is 0. The maximum absolute atomic E-state index is 11.5. The minimum Gasteiger partial charge on any atom is -0.382 e. The standard InChI is InChI=1S/C16H34N4O3S/c1-4-17-16(18-10-6-7-13-23-5-2)19-14-15-8-11-20(12-9-15)24(3,21)22/h15H,4-14H2,1-3H3,(H2,17,18,19). The second-order valence-electron chi connectivity index (χ2n) is 6.16. The molecule has 0 aromatic carbocycles. The number of nitrogens with one attached hydrogen (secondary N) is 2. The number of guanidine groups is 1. The largest absolute Gasteiger partial charge is 0.382 e. The summed E-state index contributed by atoms with van der Waals surface area (Å²) >= 11 is 0. The highest BCUT2D eigenvalue weighted by molar-refractivity contribution is 7.88. The highest BCUT2D eigenvalue weighted by Gasteiger charge is 2.24. The Bertz CT molecular complexity index is 460. The van der Waals surface area contributed by atoms with E-state index in [0.29, 0.717) is 19.0 Å². The van der Waals surface area contributed by atoms with Gasteiger partial charge in [-0.2, -0.15) is 0 Å². The van der Waals surface area contributed by atoms with Gasteiger partial charge in [0, 0.05) is 45.9 Å². The first-order chi connectivity index (χ1) is 11.5. The number of piperidine rings is 1. The van der Waals surface area contributed by atoms with E-state index in [1.165, 1.54) is 6.26 Å². The Hall–Kier alpha value is -0.860. The van der Waals surface area contributed by atoms with Crippen molar-refractivity contribution in [3.8, 4) is 0 Å². The van der Waals surface area contributed by atoms with E-state index in [2.05, 4.69) is 22.5 Å². The van der Waals surface area contributed by atoms with Crippen molar-refractivity contribution in [3.05, 3.63) is 0 Å². The molecular weight excluding hydrogens is 328 g/mol. The van der Waals surface area contributed by atoms with Crippen molar-refractivity contribution in [1.29, 1.82) is 0 Å². The average Bonchev–Trinajstić information content (AvgIpc) is 2.55. The van der Waals surface area contributed by atoms with Crippen LogP contribution in [0.2, 0.25) is 0 Å². The van der Waals surface area contributed by atoms with Gasteiger partial charge in [0.25, 0.3) is 0 Å². The van der Waals surface area contributed by atoms with Gasteiger partial charge in [-0.3, -0.25) is 4.99 Å². The van der Waals surface area contributed by atoms with Gasteiger partial charge < -0.3 is 15.4 Å². The van der Waals surface area contributed by atoms with Crippen LogP contribution in [0.1, 0.15) is 39.5 Å². The van der Waals surface area contributed by atoms with Crippen LogP contribution >= 0.6 is 0 Å². The Morgan fingerprint density at radius 3 is 2.50 bits per heavy atom. The number of ether oxygens (including phenoxy) is 1. The van der Waals surface area contributed by atoms with Gasteiger partial charge in [-0.05, 0) is 45.4 Å². The van der Waals surface area contributed by atoms with Gasteiger partial charge in [-0.15, -0.1) is 0 Å². The van der Waals surface area contributed by atoms with Crippen LogP contribution in [0.25, 0.3) is 0 Å². The van der Waals surface area contributed by atoms with E-state index in [0.717, 1.165) is 64.5 Å². The van der Waals surface area contributed by atoms with Crippen LogP contribution in [0, 0.1) is 5.92 Å². The number of sulfonamides is 1. The van der Waals surface area contributed by atoms with Crippen LogP contribution in [0.4, 0.5) is 0 Å². The molecule has 0 bridgehead atoms. The monoisotopic (exact) mass is 362 g/mol. The Morgan fingerprint density at radius 2 is 1.92 bits per heavy atom. The van der Waals surface area contributed by atoms with Gasteiger partial charge in [0.15, 0.2) is 5.96 Å². The molecule has 1 fully saturated rings. The summed E-state index contributed by atoms with van der Waals surface area (Å²) in [5.41, 5.74) is 0. The number of aliphatic imine (C=N–C) groups is 1. The molecule has 1 rings (SSSR count). The topological polar surface area (TPSA) is 83.0 Å². The SMILES string of the molecule is CCNC(=NCC1CCN(S(C)(=O)=O)CC1)NCCCCOCC. The van der Waals surface area contributed by atoms with Crippen LogP contribution in [0.15, 0.2) is 4.99 Å². The molecule has 8 heteroatoms. The molecule has 1 heterocycles. The third-order valence-electron chi connectivity index (χ3n) is 4.11. The van der Waals surface area contributed by atoms with Crippen molar-refractivity contribution >= 4 is 16.0 Å². The first-order valence-corrected chi connectivity index (χ1v) is 10.9. The van der Waals surface area contributed by atoms with Crippen molar-refractivity contribution in [2.75, 3.05) is 52.2 Å². The second-order valence-corrected chi connectivity index (χ2v) is 8.14. The lowest BCUT2D eigenvalue weighted by Crippen LogP contribution is -2.40. The predicted molar refractivity (Wildman–Crippen MR) is 98.8 cm³/mol.